The number of pyridine rings is 4. The normalized spacial score (nSPS) is 13.6. The topological polar surface area (TPSA) is 70.2 Å². The maximum Gasteiger partial charge on any atom is 0.322 e. The Balaban J connectivity index is 0.000000134. The molecule has 52 heavy (non-hydrogen) atoms. The molecule has 1 unspecified atom stereocenters. The summed E-state index contributed by atoms with van der Waals surface area (Å²) in [7, 11) is 0. The zero-order chi connectivity index (χ0) is 37.7. The van der Waals surface area contributed by atoms with Crippen molar-refractivity contribution in [3.63, 3.8) is 0 Å². The molecule has 0 saturated heterocycles. The standard InChI is InChI=1S/C11H15N2.2C11H14N2.C10H11ClN2/c1-8(2)11-9(3)12-10-6-4-5-7-13(10)11;2*1-8(2)11-9(3)12-13-7-5-4-6-10(11)13;1-7(2)9-10(11)12-8-5-3-4-6-13(8)9/h4-9H,1-3H3;2*4-8H,1-3H3;3-7H,1-2H3/q+1;;;. The second kappa shape index (κ2) is 16.7. The maximum absolute atomic E-state index is 6.03. The molecule has 8 heterocycles. The molecule has 8 rings (SSSR count). The third-order valence-corrected chi connectivity index (χ3v) is 9.49. The molecular formula is C43H54ClN8+. The fourth-order valence-electron chi connectivity index (χ4n) is 7.19. The summed E-state index contributed by atoms with van der Waals surface area (Å²) in [6.45, 7) is 23.8. The fourth-order valence-corrected chi connectivity index (χ4v) is 7.58. The molecule has 0 saturated carbocycles. The zero-order valence-corrected chi connectivity index (χ0v) is 33.3. The Morgan fingerprint density at radius 1 is 0.635 bits per heavy atom. The minimum Gasteiger partial charge on any atom is -0.302 e. The lowest BCUT2D eigenvalue weighted by molar-refractivity contribution is -0.540. The van der Waals surface area contributed by atoms with Crippen LogP contribution in [0, 0.1) is 25.5 Å². The van der Waals surface area contributed by atoms with Crippen LogP contribution in [-0.4, -0.2) is 34.7 Å². The Hall–Kier alpha value is -4.82. The number of hydrogen-bond donors (Lipinski definition) is 0. The van der Waals surface area contributed by atoms with Crippen LogP contribution in [0.1, 0.15) is 108 Å². The van der Waals surface area contributed by atoms with Crippen molar-refractivity contribution >= 4 is 28.3 Å². The van der Waals surface area contributed by atoms with E-state index in [0.29, 0.717) is 34.9 Å². The van der Waals surface area contributed by atoms with Crippen molar-refractivity contribution in [2.45, 2.75) is 100.0 Å². The summed E-state index contributed by atoms with van der Waals surface area (Å²) in [5, 5.41) is 9.51. The number of hydrogen-bond acceptors (Lipinski definition) is 4. The first-order valence-corrected chi connectivity index (χ1v) is 18.8. The molecule has 0 aromatic carbocycles. The van der Waals surface area contributed by atoms with Crippen LogP contribution in [0.4, 0.5) is 0 Å². The van der Waals surface area contributed by atoms with Crippen molar-refractivity contribution in [1.82, 2.24) is 28.6 Å². The van der Waals surface area contributed by atoms with Crippen molar-refractivity contribution < 1.29 is 4.24 Å². The summed E-state index contributed by atoms with van der Waals surface area (Å²) < 4.78 is 8.14. The Morgan fingerprint density at radius 3 is 1.67 bits per heavy atom. The summed E-state index contributed by atoms with van der Waals surface area (Å²) >= 11 is 6.03. The van der Waals surface area contributed by atoms with Crippen molar-refractivity contribution in [3.8, 4) is 0 Å². The molecule has 0 spiro atoms. The van der Waals surface area contributed by atoms with Crippen LogP contribution in [0.25, 0.3) is 16.7 Å². The van der Waals surface area contributed by atoms with Gasteiger partial charge in [0.15, 0.2) is 11.2 Å². The molecule has 0 N–H and O–H groups in total. The largest absolute Gasteiger partial charge is 0.322 e. The summed E-state index contributed by atoms with van der Waals surface area (Å²) in [5.41, 5.74) is 11.9. The van der Waals surface area contributed by atoms with E-state index in [0.717, 1.165) is 28.2 Å². The number of rotatable bonds is 4. The average Bonchev–Trinajstić information content (AvgIpc) is 3.82. The number of imidazole rings is 1. The van der Waals surface area contributed by atoms with Gasteiger partial charge in [0.05, 0.1) is 34.3 Å². The highest BCUT2D eigenvalue weighted by molar-refractivity contribution is 6.30. The van der Waals surface area contributed by atoms with E-state index in [2.05, 4.69) is 143 Å². The quantitative estimate of drug-likeness (QED) is 0.170. The van der Waals surface area contributed by atoms with Crippen LogP contribution >= 0.6 is 11.6 Å². The Kier molecular flexibility index (Phi) is 12.3. The predicted molar refractivity (Wildman–Crippen MR) is 213 cm³/mol. The monoisotopic (exact) mass is 717 g/mol. The first-order chi connectivity index (χ1) is 24.8. The molecule has 1 atom stereocenters. The summed E-state index contributed by atoms with van der Waals surface area (Å²) in [6.07, 6.45) is 8.07. The molecule has 8 nitrogen and oxygen atoms in total. The second-order valence-corrected chi connectivity index (χ2v) is 14.9. The summed E-state index contributed by atoms with van der Waals surface area (Å²) in [4.78, 5) is 8.84. The highest BCUT2D eigenvalue weighted by atomic mass is 35.5. The van der Waals surface area contributed by atoms with Crippen LogP contribution in [0.3, 0.4) is 0 Å². The minimum atomic E-state index is 0.336. The van der Waals surface area contributed by atoms with E-state index in [1.165, 1.54) is 27.9 Å². The van der Waals surface area contributed by atoms with E-state index >= 15 is 0 Å². The van der Waals surface area contributed by atoms with E-state index in [1.807, 2.05) is 68.4 Å². The van der Waals surface area contributed by atoms with Gasteiger partial charge in [-0.1, -0.05) is 96.2 Å². The number of fused-ring (bicyclic) bond motifs is 4. The van der Waals surface area contributed by atoms with Gasteiger partial charge in [0, 0.05) is 41.7 Å². The van der Waals surface area contributed by atoms with Crippen LogP contribution in [0.2, 0.25) is 5.15 Å². The lowest BCUT2D eigenvalue weighted by Gasteiger charge is -2.04. The van der Waals surface area contributed by atoms with Crippen molar-refractivity contribution in [1.29, 1.82) is 0 Å². The first-order valence-electron chi connectivity index (χ1n) is 18.4. The SMILES string of the molecule is CC(C)C1=[n+]2ccccc2=NC1C.CC(C)c1c(Cl)nc2ccccn12.Cc1nn2ccccc2c1C(C)C.Cc1nn2ccccc2c1C(C)C. The minimum absolute atomic E-state index is 0.336. The van der Waals surface area contributed by atoms with E-state index in [9.17, 15) is 0 Å². The fraction of sp³-hybridized carbons (Fsp3) is 0.372. The van der Waals surface area contributed by atoms with Crippen molar-refractivity contribution in [2.75, 3.05) is 0 Å². The molecule has 1 aliphatic heterocycles. The number of halogens is 1. The van der Waals surface area contributed by atoms with Crippen molar-refractivity contribution in [3.05, 3.63) is 142 Å². The zero-order valence-electron chi connectivity index (χ0n) is 32.6. The van der Waals surface area contributed by atoms with E-state index in [4.69, 9.17) is 11.6 Å². The molecule has 0 amide bonds. The highest BCUT2D eigenvalue weighted by Gasteiger charge is 2.26. The lowest BCUT2D eigenvalue weighted by atomic mass is 10.0. The van der Waals surface area contributed by atoms with Gasteiger partial charge in [-0.15, -0.1) is 0 Å². The van der Waals surface area contributed by atoms with Gasteiger partial charge in [-0.05, 0) is 81.0 Å². The molecule has 0 fully saturated rings. The predicted octanol–water partition coefficient (Wildman–Crippen LogP) is 9.68. The van der Waals surface area contributed by atoms with Crippen LogP contribution in [-0.2, 0) is 0 Å². The van der Waals surface area contributed by atoms with E-state index < -0.39 is 0 Å². The number of aryl methyl sites for hydroxylation is 2. The van der Waals surface area contributed by atoms with Crippen LogP contribution in [0.15, 0.2) is 103 Å². The van der Waals surface area contributed by atoms with Gasteiger partial charge >= 0.3 is 5.49 Å². The van der Waals surface area contributed by atoms with Gasteiger partial charge in [0.2, 0.25) is 0 Å². The Morgan fingerprint density at radius 2 is 1.15 bits per heavy atom. The lowest BCUT2D eigenvalue weighted by Crippen LogP contribution is -2.37. The van der Waals surface area contributed by atoms with Gasteiger partial charge in [-0.25, -0.2) is 14.0 Å². The number of nitrogens with zero attached hydrogens (tertiary/aromatic N) is 8. The van der Waals surface area contributed by atoms with Gasteiger partial charge in [-0.3, -0.25) is 0 Å². The summed E-state index contributed by atoms with van der Waals surface area (Å²) in [5.74, 6) is 2.04. The molecule has 9 heteroatoms. The van der Waals surface area contributed by atoms with Gasteiger partial charge in [0.25, 0.3) is 0 Å². The van der Waals surface area contributed by atoms with Crippen molar-refractivity contribution in [2.24, 2.45) is 10.9 Å². The molecule has 0 bridgehead atoms. The van der Waals surface area contributed by atoms with E-state index in [-0.39, 0.29) is 0 Å². The molecule has 7 aromatic rings. The smallest absolute Gasteiger partial charge is 0.302 e. The van der Waals surface area contributed by atoms with Crippen LogP contribution < -0.4 is 9.73 Å². The molecule has 1 aliphatic rings. The second-order valence-electron chi connectivity index (χ2n) is 14.6. The van der Waals surface area contributed by atoms with Crippen LogP contribution in [0.5, 0.6) is 0 Å². The highest BCUT2D eigenvalue weighted by Crippen LogP contribution is 2.26. The van der Waals surface area contributed by atoms with Gasteiger partial charge < -0.3 is 4.40 Å². The van der Waals surface area contributed by atoms with Gasteiger partial charge in [0.1, 0.15) is 11.4 Å². The average molecular weight is 718 g/mol. The molecule has 272 valence electrons. The van der Waals surface area contributed by atoms with E-state index in [1.54, 1.807) is 0 Å². The summed E-state index contributed by atoms with van der Waals surface area (Å²) in [6, 6.07) is 24.7. The molecule has 0 aliphatic carbocycles. The Labute approximate surface area is 313 Å². The first kappa shape index (κ1) is 38.4. The number of aromatic nitrogens is 7. The molecule has 0 radical (unpaired) electrons. The third-order valence-electron chi connectivity index (χ3n) is 9.21. The van der Waals surface area contributed by atoms with Gasteiger partial charge in [-0.2, -0.15) is 14.4 Å². The maximum atomic E-state index is 6.03. The molecular weight excluding hydrogens is 664 g/mol. The Bertz CT molecular complexity index is 2190. The molecule has 7 aromatic heterocycles. The third kappa shape index (κ3) is 8.28.